The Hall–Kier alpha value is -2.22. The highest BCUT2D eigenvalue weighted by atomic mass is 16.5. The number of hydrogen-bond acceptors (Lipinski definition) is 6. The molecule has 8 nitrogen and oxygen atoms in total. The Bertz CT molecular complexity index is 724. The zero-order chi connectivity index (χ0) is 14.1. The molecule has 0 amide bonds. The Morgan fingerprint density at radius 3 is 2.90 bits per heavy atom. The van der Waals surface area contributed by atoms with Gasteiger partial charge in [0.05, 0.1) is 13.0 Å². The normalized spacial score (nSPS) is 18.6. The molecule has 106 valence electrons. The van der Waals surface area contributed by atoms with Gasteiger partial charge in [-0.15, -0.1) is 0 Å². The van der Waals surface area contributed by atoms with Gasteiger partial charge in [-0.2, -0.15) is 4.98 Å². The number of nitrogens with one attached hydrogen (secondary N) is 2. The molecule has 0 aromatic carbocycles. The zero-order valence-corrected chi connectivity index (χ0v) is 10.9. The Morgan fingerprint density at radius 2 is 2.20 bits per heavy atom. The van der Waals surface area contributed by atoms with E-state index >= 15 is 0 Å². The largest absolute Gasteiger partial charge is 0.381 e. The predicted molar refractivity (Wildman–Crippen MR) is 67.7 cm³/mol. The van der Waals surface area contributed by atoms with E-state index in [0.717, 1.165) is 6.42 Å². The molecular weight excluding hydrogens is 264 g/mol. The molecule has 2 N–H and O–H groups in total. The van der Waals surface area contributed by atoms with E-state index in [1.54, 1.807) is 6.92 Å². The average molecular weight is 278 g/mol. The number of aromatic nitrogens is 4. The second-order valence-corrected chi connectivity index (χ2v) is 4.80. The Labute approximate surface area is 113 Å². The maximum atomic E-state index is 11.7. The third kappa shape index (κ3) is 2.42. The molecule has 1 aliphatic rings. The van der Waals surface area contributed by atoms with Crippen LogP contribution in [0.4, 0.5) is 0 Å². The van der Waals surface area contributed by atoms with Gasteiger partial charge in [-0.1, -0.05) is 5.16 Å². The van der Waals surface area contributed by atoms with E-state index in [-0.39, 0.29) is 12.3 Å². The lowest BCUT2D eigenvalue weighted by Gasteiger charge is -2.00. The van der Waals surface area contributed by atoms with Crippen LogP contribution < -0.4 is 11.2 Å². The summed E-state index contributed by atoms with van der Waals surface area (Å²) in [5.41, 5.74) is -0.0362. The Balaban J connectivity index is 1.85. The third-order valence-corrected chi connectivity index (χ3v) is 3.36. The number of nitrogens with zero attached hydrogens (tertiary/aromatic N) is 2. The van der Waals surface area contributed by atoms with Crippen LogP contribution in [0.2, 0.25) is 0 Å². The zero-order valence-electron chi connectivity index (χ0n) is 10.9. The topological polar surface area (TPSA) is 114 Å². The van der Waals surface area contributed by atoms with Gasteiger partial charge in [-0.05, 0) is 13.3 Å². The van der Waals surface area contributed by atoms with Gasteiger partial charge in [0.25, 0.3) is 5.56 Å². The molecule has 1 aliphatic heterocycles. The Kier molecular flexibility index (Phi) is 3.23. The van der Waals surface area contributed by atoms with Crippen molar-refractivity contribution in [3.8, 4) is 0 Å². The number of aryl methyl sites for hydroxylation is 1. The fraction of sp³-hybridized carbons (Fsp3) is 0.500. The molecule has 0 aliphatic carbocycles. The summed E-state index contributed by atoms with van der Waals surface area (Å²) >= 11 is 0. The van der Waals surface area contributed by atoms with Gasteiger partial charge < -0.3 is 14.2 Å². The number of aromatic amines is 2. The van der Waals surface area contributed by atoms with Crippen molar-refractivity contribution in [1.29, 1.82) is 0 Å². The van der Waals surface area contributed by atoms with Crippen LogP contribution in [0.25, 0.3) is 0 Å². The monoisotopic (exact) mass is 278 g/mol. The summed E-state index contributed by atoms with van der Waals surface area (Å²) in [4.78, 5) is 31.9. The second kappa shape index (κ2) is 5.04. The molecule has 0 radical (unpaired) electrons. The molecule has 8 heteroatoms. The minimum absolute atomic E-state index is 0.155. The smallest absolute Gasteiger partial charge is 0.325 e. The van der Waals surface area contributed by atoms with Crippen LogP contribution in [0.5, 0.6) is 0 Å². The standard InChI is InChI=1S/C12H14N4O4/c1-6-8(11(17)15-12(18)13-6)4-9-14-10(16-20-9)7-2-3-19-5-7/h7H,2-5H2,1H3,(H2,13,15,17,18)/t7-/m0/s1. The van der Waals surface area contributed by atoms with Crippen LogP contribution in [-0.2, 0) is 11.2 Å². The maximum Gasteiger partial charge on any atom is 0.325 e. The molecule has 3 rings (SSSR count). The quantitative estimate of drug-likeness (QED) is 0.807. The predicted octanol–water partition coefficient (Wildman–Crippen LogP) is -0.151. The summed E-state index contributed by atoms with van der Waals surface area (Å²) in [5.74, 6) is 1.12. The van der Waals surface area contributed by atoms with Gasteiger partial charge in [0, 0.05) is 23.8 Å². The van der Waals surface area contributed by atoms with E-state index in [4.69, 9.17) is 9.26 Å². The van der Waals surface area contributed by atoms with Gasteiger partial charge >= 0.3 is 5.69 Å². The molecule has 0 bridgehead atoms. The summed E-state index contributed by atoms with van der Waals surface area (Å²) in [6, 6.07) is 0. The van der Waals surface area contributed by atoms with E-state index in [1.165, 1.54) is 0 Å². The van der Waals surface area contributed by atoms with E-state index in [1.807, 2.05) is 0 Å². The van der Waals surface area contributed by atoms with Gasteiger partial charge in [0.15, 0.2) is 5.82 Å². The maximum absolute atomic E-state index is 11.7. The minimum Gasteiger partial charge on any atom is -0.381 e. The van der Waals surface area contributed by atoms with Crippen molar-refractivity contribution >= 4 is 0 Å². The minimum atomic E-state index is -0.523. The van der Waals surface area contributed by atoms with Crippen molar-refractivity contribution in [2.45, 2.75) is 25.7 Å². The SMILES string of the molecule is Cc1[nH]c(=O)[nH]c(=O)c1Cc1nc([C@H]2CCOC2)no1. The fourth-order valence-electron chi connectivity index (χ4n) is 2.23. The first kappa shape index (κ1) is 12.8. The van der Waals surface area contributed by atoms with Crippen LogP contribution in [0.3, 0.4) is 0 Å². The van der Waals surface area contributed by atoms with Crippen molar-refractivity contribution in [2.75, 3.05) is 13.2 Å². The van der Waals surface area contributed by atoms with Gasteiger partial charge in [-0.25, -0.2) is 4.79 Å². The number of ether oxygens (including phenoxy) is 1. The number of H-pyrrole nitrogens is 2. The molecule has 1 atom stereocenters. The van der Waals surface area contributed by atoms with E-state index in [2.05, 4.69) is 20.1 Å². The van der Waals surface area contributed by atoms with E-state index < -0.39 is 11.2 Å². The summed E-state index contributed by atoms with van der Waals surface area (Å²) in [7, 11) is 0. The van der Waals surface area contributed by atoms with Crippen LogP contribution in [0.1, 0.15) is 35.3 Å². The van der Waals surface area contributed by atoms with Crippen molar-refractivity contribution in [2.24, 2.45) is 0 Å². The molecular formula is C12H14N4O4. The average Bonchev–Trinajstić information content (AvgIpc) is 3.04. The van der Waals surface area contributed by atoms with Crippen molar-refractivity contribution in [3.63, 3.8) is 0 Å². The van der Waals surface area contributed by atoms with Crippen LogP contribution in [0, 0.1) is 6.92 Å². The van der Waals surface area contributed by atoms with Crippen molar-refractivity contribution < 1.29 is 9.26 Å². The van der Waals surface area contributed by atoms with Gasteiger partial charge in [-0.3, -0.25) is 9.78 Å². The summed E-state index contributed by atoms with van der Waals surface area (Å²) < 4.78 is 10.4. The number of rotatable bonds is 3. The molecule has 0 spiro atoms. The molecule has 2 aromatic rings. The second-order valence-electron chi connectivity index (χ2n) is 4.80. The molecule has 20 heavy (non-hydrogen) atoms. The highest BCUT2D eigenvalue weighted by Crippen LogP contribution is 2.22. The molecule has 0 saturated carbocycles. The van der Waals surface area contributed by atoms with Crippen LogP contribution in [-0.4, -0.2) is 33.3 Å². The summed E-state index contributed by atoms with van der Waals surface area (Å²) in [5, 5.41) is 3.92. The molecule has 2 aromatic heterocycles. The lowest BCUT2D eigenvalue weighted by Crippen LogP contribution is -2.27. The van der Waals surface area contributed by atoms with Crippen molar-refractivity contribution in [1.82, 2.24) is 20.1 Å². The van der Waals surface area contributed by atoms with E-state index in [0.29, 0.717) is 36.2 Å². The van der Waals surface area contributed by atoms with E-state index in [9.17, 15) is 9.59 Å². The molecule has 1 saturated heterocycles. The first-order chi connectivity index (χ1) is 9.63. The molecule has 3 heterocycles. The Morgan fingerprint density at radius 1 is 1.35 bits per heavy atom. The lowest BCUT2D eigenvalue weighted by molar-refractivity contribution is 0.192. The van der Waals surface area contributed by atoms with Gasteiger partial charge in [0.2, 0.25) is 5.89 Å². The first-order valence-electron chi connectivity index (χ1n) is 6.36. The van der Waals surface area contributed by atoms with Gasteiger partial charge in [0.1, 0.15) is 0 Å². The fourth-order valence-corrected chi connectivity index (χ4v) is 2.23. The summed E-state index contributed by atoms with van der Waals surface area (Å²) in [6.07, 6.45) is 1.07. The third-order valence-electron chi connectivity index (χ3n) is 3.36. The van der Waals surface area contributed by atoms with Crippen LogP contribution in [0.15, 0.2) is 14.1 Å². The summed E-state index contributed by atoms with van der Waals surface area (Å²) in [6.45, 7) is 2.96. The number of hydrogen-bond donors (Lipinski definition) is 2. The lowest BCUT2D eigenvalue weighted by atomic mass is 10.1. The van der Waals surface area contributed by atoms with Crippen LogP contribution >= 0.6 is 0 Å². The highest BCUT2D eigenvalue weighted by molar-refractivity contribution is 5.18. The first-order valence-corrected chi connectivity index (χ1v) is 6.36. The molecule has 1 fully saturated rings. The van der Waals surface area contributed by atoms with Crippen molar-refractivity contribution in [3.05, 3.63) is 43.8 Å². The molecule has 0 unspecified atom stereocenters. The highest BCUT2D eigenvalue weighted by Gasteiger charge is 2.23.